The van der Waals surface area contributed by atoms with Gasteiger partial charge in [-0.25, -0.2) is 4.39 Å². The summed E-state index contributed by atoms with van der Waals surface area (Å²) < 4.78 is 27.0. The van der Waals surface area contributed by atoms with Crippen molar-refractivity contribution in [3.63, 3.8) is 0 Å². The minimum absolute atomic E-state index is 0.181. The number of hydrogen-bond donors (Lipinski definition) is 1. The molecule has 4 aromatic rings. The Hall–Kier alpha value is -3.91. The monoisotopic (exact) mass is 486 g/mol. The Morgan fingerprint density at radius 1 is 0.971 bits per heavy atom. The van der Waals surface area contributed by atoms with E-state index in [1.807, 2.05) is 36.4 Å². The van der Waals surface area contributed by atoms with Crippen LogP contribution in [0, 0.1) is 19.7 Å². The second kappa shape index (κ2) is 8.39. The first-order valence-corrected chi connectivity index (χ1v) is 11.8. The fourth-order valence-corrected chi connectivity index (χ4v) is 5.41. The van der Waals surface area contributed by atoms with E-state index < -0.39 is 0 Å². The number of hydrogen-bond acceptors (Lipinski definition) is 4. The van der Waals surface area contributed by atoms with E-state index in [0.29, 0.717) is 5.11 Å². The molecule has 8 heteroatoms. The van der Waals surface area contributed by atoms with E-state index in [2.05, 4.69) is 39.7 Å². The Labute approximate surface area is 207 Å². The Bertz CT molecular complexity index is 1420. The van der Waals surface area contributed by atoms with Gasteiger partial charge in [0.05, 0.1) is 17.8 Å². The first-order chi connectivity index (χ1) is 17.0. The van der Waals surface area contributed by atoms with E-state index in [0.717, 1.165) is 45.5 Å². The van der Waals surface area contributed by atoms with Crippen LogP contribution < -0.4 is 19.7 Å². The lowest BCUT2D eigenvalue weighted by atomic mass is 9.96. The zero-order valence-corrected chi connectivity index (χ0v) is 20.1. The molecular formula is C27H23FN4O2S. The van der Waals surface area contributed by atoms with Gasteiger partial charge in [-0.15, -0.1) is 0 Å². The predicted octanol–water partition coefficient (Wildman–Crippen LogP) is 5.53. The average molecular weight is 487 g/mol. The van der Waals surface area contributed by atoms with Gasteiger partial charge in [0.1, 0.15) is 5.82 Å². The minimum atomic E-state index is -0.286. The summed E-state index contributed by atoms with van der Waals surface area (Å²) in [5.41, 5.74) is 5.95. The highest BCUT2D eigenvalue weighted by atomic mass is 32.1. The Balaban J connectivity index is 1.50. The molecule has 2 aliphatic heterocycles. The van der Waals surface area contributed by atoms with Gasteiger partial charge >= 0.3 is 0 Å². The van der Waals surface area contributed by atoms with Gasteiger partial charge < -0.3 is 24.3 Å². The zero-order chi connectivity index (χ0) is 24.1. The summed E-state index contributed by atoms with van der Waals surface area (Å²) in [6.45, 7) is 4.42. The summed E-state index contributed by atoms with van der Waals surface area (Å²) in [6, 6.07) is 20.1. The van der Waals surface area contributed by atoms with Crippen molar-refractivity contribution >= 4 is 23.0 Å². The molecule has 6 rings (SSSR count). The predicted molar refractivity (Wildman–Crippen MR) is 136 cm³/mol. The van der Waals surface area contributed by atoms with Crippen molar-refractivity contribution in [1.29, 1.82) is 0 Å². The molecule has 0 bridgehead atoms. The van der Waals surface area contributed by atoms with Crippen molar-refractivity contribution in [3.8, 4) is 17.2 Å². The van der Waals surface area contributed by atoms with Gasteiger partial charge in [0.25, 0.3) is 0 Å². The maximum Gasteiger partial charge on any atom is 0.231 e. The van der Waals surface area contributed by atoms with Gasteiger partial charge in [-0.3, -0.25) is 4.98 Å². The molecule has 0 amide bonds. The third kappa shape index (κ3) is 3.61. The number of nitrogens with one attached hydrogen (secondary N) is 1. The lowest BCUT2D eigenvalue weighted by Gasteiger charge is -2.28. The van der Waals surface area contributed by atoms with Crippen LogP contribution in [0.2, 0.25) is 0 Å². The Morgan fingerprint density at radius 2 is 1.74 bits per heavy atom. The molecule has 6 nitrogen and oxygen atoms in total. The number of fused-ring (bicyclic) bond motifs is 1. The first kappa shape index (κ1) is 21.6. The number of pyridine rings is 1. The van der Waals surface area contributed by atoms with Crippen molar-refractivity contribution in [2.45, 2.75) is 25.9 Å². The van der Waals surface area contributed by atoms with Crippen LogP contribution in [-0.4, -0.2) is 21.5 Å². The van der Waals surface area contributed by atoms with Crippen molar-refractivity contribution in [3.05, 3.63) is 101 Å². The fourth-order valence-electron chi connectivity index (χ4n) is 5.06. The summed E-state index contributed by atoms with van der Waals surface area (Å²) in [4.78, 5) is 6.68. The zero-order valence-electron chi connectivity index (χ0n) is 19.2. The molecule has 0 unspecified atom stereocenters. The van der Waals surface area contributed by atoms with Gasteiger partial charge in [-0.05, 0) is 86.2 Å². The molecular weight excluding hydrogens is 463 g/mol. The summed E-state index contributed by atoms with van der Waals surface area (Å²) in [7, 11) is 0. The number of halogens is 1. The quantitative estimate of drug-likeness (QED) is 0.383. The fraction of sp³-hybridized carbons (Fsp3) is 0.185. The molecule has 0 aliphatic carbocycles. The van der Waals surface area contributed by atoms with Crippen LogP contribution >= 0.6 is 12.2 Å². The maximum absolute atomic E-state index is 13.7. The van der Waals surface area contributed by atoms with Crippen molar-refractivity contribution in [2.75, 3.05) is 11.7 Å². The van der Waals surface area contributed by atoms with Gasteiger partial charge in [0.2, 0.25) is 6.79 Å². The highest BCUT2D eigenvalue weighted by Gasteiger charge is 2.42. The largest absolute Gasteiger partial charge is 0.454 e. The molecule has 2 atom stereocenters. The van der Waals surface area contributed by atoms with E-state index in [-0.39, 0.29) is 24.7 Å². The van der Waals surface area contributed by atoms with Crippen LogP contribution in [-0.2, 0) is 0 Å². The number of rotatable bonds is 4. The molecule has 2 aromatic carbocycles. The van der Waals surface area contributed by atoms with Gasteiger partial charge in [-0.1, -0.05) is 6.07 Å². The van der Waals surface area contributed by atoms with Crippen molar-refractivity contribution in [1.82, 2.24) is 14.9 Å². The number of ether oxygens (including phenoxy) is 2. The van der Waals surface area contributed by atoms with Crippen LogP contribution in [0.5, 0.6) is 11.5 Å². The van der Waals surface area contributed by atoms with Crippen LogP contribution in [0.3, 0.4) is 0 Å². The summed E-state index contributed by atoms with van der Waals surface area (Å²) >= 11 is 5.80. The van der Waals surface area contributed by atoms with Gasteiger partial charge in [0, 0.05) is 35.0 Å². The minimum Gasteiger partial charge on any atom is -0.454 e. The molecule has 2 aliphatic rings. The molecule has 0 radical (unpaired) electrons. The van der Waals surface area contributed by atoms with Crippen LogP contribution in [0.1, 0.15) is 34.7 Å². The van der Waals surface area contributed by atoms with Gasteiger partial charge in [0.15, 0.2) is 16.6 Å². The van der Waals surface area contributed by atoms with E-state index in [1.54, 1.807) is 18.3 Å². The lowest BCUT2D eigenvalue weighted by molar-refractivity contribution is 0.174. The normalized spacial score (nSPS) is 18.7. The van der Waals surface area contributed by atoms with E-state index in [1.165, 1.54) is 12.1 Å². The molecule has 1 N–H and O–H groups in total. The van der Waals surface area contributed by atoms with Crippen LogP contribution in [0.15, 0.2) is 72.9 Å². The molecule has 2 aromatic heterocycles. The second-order valence-corrected chi connectivity index (χ2v) is 9.06. The average Bonchev–Trinajstić information content (AvgIpc) is 3.55. The highest BCUT2D eigenvalue weighted by molar-refractivity contribution is 7.80. The van der Waals surface area contributed by atoms with E-state index >= 15 is 0 Å². The standard InChI is InChI=1S/C27H23FN4O2S/c1-16-13-21(17(2)31(16)20-10-11-23-24(14-20)34-15-33-23)26-25(22-5-3-4-12-29-22)30-27(35)32(26)19-8-6-18(28)7-9-19/h3-14,25-26H,15H2,1-2H3,(H,30,35)/t25-,26+/m1/s1. The van der Waals surface area contributed by atoms with Crippen molar-refractivity contribution in [2.24, 2.45) is 0 Å². The molecule has 35 heavy (non-hydrogen) atoms. The molecule has 1 saturated heterocycles. The molecule has 4 heterocycles. The van der Waals surface area contributed by atoms with Crippen LogP contribution in [0.4, 0.5) is 10.1 Å². The molecule has 0 spiro atoms. The summed E-state index contributed by atoms with van der Waals surface area (Å²) in [6.07, 6.45) is 1.79. The maximum atomic E-state index is 13.7. The van der Waals surface area contributed by atoms with Crippen LogP contribution in [0.25, 0.3) is 5.69 Å². The third-order valence-corrected chi connectivity index (χ3v) is 6.92. The van der Waals surface area contributed by atoms with E-state index in [9.17, 15) is 4.39 Å². The topological polar surface area (TPSA) is 51.6 Å². The third-order valence-electron chi connectivity index (χ3n) is 6.61. The number of nitrogens with zero attached hydrogens (tertiary/aromatic N) is 3. The SMILES string of the molecule is Cc1cc([C@H]2[C@@H](c3ccccn3)NC(=S)N2c2ccc(F)cc2)c(C)n1-c1ccc2c(c1)OCO2. The molecule has 0 saturated carbocycles. The highest BCUT2D eigenvalue weighted by Crippen LogP contribution is 2.44. The number of anilines is 1. The smallest absolute Gasteiger partial charge is 0.231 e. The van der Waals surface area contributed by atoms with Crippen molar-refractivity contribution < 1.29 is 13.9 Å². The van der Waals surface area contributed by atoms with E-state index in [4.69, 9.17) is 21.7 Å². The number of aryl methyl sites for hydroxylation is 1. The van der Waals surface area contributed by atoms with Gasteiger partial charge in [-0.2, -0.15) is 0 Å². The number of thiocarbonyl (C=S) groups is 1. The summed E-state index contributed by atoms with van der Waals surface area (Å²) in [5.74, 6) is 1.20. The Morgan fingerprint density at radius 3 is 2.51 bits per heavy atom. The number of benzene rings is 2. The second-order valence-electron chi connectivity index (χ2n) is 8.67. The first-order valence-electron chi connectivity index (χ1n) is 11.4. The lowest BCUT2D eigenvalue weighted by Crippen LogP contribution is -2.29. The Kier molecular flexibility index (Phi) is 5.18. The molecule has 1 fully saturated rings. The number of aromatic nitrogens is 2. The molecule has 176 valence electrons. The summed E-state index contributed by atoms with van der Waals surface area (Å²) in [5, 5.41) is 4.04.